The van der Waals surface area contributed by atoms with Crippen LogP contribution >= 0.6 is 0 Å². The van der Waals surface area contributed by atoms with Gasteiger partial charge in [-0.3, -0.25) is 4.79 Å². The third-order valence-electron chi connectivity index (χ3n) is 5.06. The number of rotatable bonds is 6. The van der Waals surface area contributed by atoms with E-state index < -0.39 is 5.91 Å². The van der Waals surface area contributed by atoms with E-state index in [2.05, 4.69) is 28.8 Å². The monoisotopic (exact) mass is 377 g/mol. The summed E-state index contributed by atoms with van der Waals surface area (Å²) < 4.78 is 13.3. The van der Waals surface area contributed by atoms with E-state index in [0.717, 1.165) is 24.8 Å². The summed E-state index contributed by atoms with van der Waals surface area (Å²) in [5.74, 6) is -0.837. The van der Waals surface area contributed by atoms with Crippen LogP contribution in [0.2, 0.25) is 0 Å². The number of nitriles is 1. The van der Waals surface area contributed by atoms with E-state index in [1.54, 1.807) is 12.1 Å². The number of hydrogen-bond acceptors (Lipinski definition) is 3. The molecule has 0 fully saturated rings. The Morgan fingerprint density at radius 2 is 2.00 bits per heavy atom. The molecule has 2 N–H and O–H groups in total. The maximum atomic E-state index is 13.3. The van der Waals surface area contributed by atoms with Gasteiger partial charge in [0, 0.05) is 11.9 Å². The van der Waals surface area contributed by atoms with Crippen LogP contribution in [-0.2, 0) is 17.6 Å². The molecular weight excluding hydrogens is 353 g/mol. The first-order valence-corrected chi connectivity index (χ1v) is 9.65. The number of anilines is 1. The summed E-state index contributed by atoms with van der Waals surface area (Å²) in [6.07, 6.45) is 6.66. The predicted molar refractivity (Wildman–Crippen MR) is 108 cm³/mol. The number of carbonyl (C=O) groups is 1. The maximum absolute atomic E-state index is 13.3. The molecule has 4 nitrogen and oxygen atoms in total. The third kappa shape index (κ3) is 4.77. The van der Waals surface area contributed by atoms with Gasteiger partial charge in [-0.25, -0.2) is 4.39 Å². The number of fused-ring (bicyclic) bond motifs is 1. The normalized spacial score (nSPS) is 14.5. The summed E-state index contributed by atoms with van der Waals surface area (Å²) in [5, 5.41) is 15.1. The van der Waals surface area contributed by atoms with Crippen LogP contribution in [0.5, 0.6) is 0 Å². The molecule has 3 rings (SSSR count). The number of benzene rings is 2. The lowest BCUT2D eigenvalue weighted by atomic mass is 9.88. The van der Waals surface area contributed by atoms with Crippen molar-refractivity contribution in [2.45, 2.75) is 45.1 Å². The first-order valence-electron chi connectivity index (χ1n) is 9.65. The Hall–Kier alpha value is -3.13. The molecule has 1 amide bonds. The minimum Gasteiger partial charge on any atom is -0.360 e. The molecule has 0 saturated carbocycles. The smallest absolute Gasteiger partial charge is 0.263 e. The molecule has 0 aromatic heterocycles. The van der Waals surface area contributed by atoms with Crippen LogP contribution in [0.25, 0.3) is 0 Å². The van der Waals surface area contributed by atoms with Crippen molar-refractivity contribution in [2.75, 3.05) is 5.32 Å². The van der Waals surface area contributed by atoms with Crippen LogP contribution in [0.3, 0.4) is 0 Å². The molecule has 0 spiro atoms. The molecule has 0 bridgehead atoms. The van der Waals surface area contributed by atoms with E-state index in [-0.39, 0.29) is 17.4 Å². The minimum absolute atomic E-state index is 0.0549. The van der Waals surface area contributed by atoms with E-state index in [0.29, 0.717) is 5.69 Å². The van der Waals surface area contributed by atoms with E-state index >= 15 is 0 Å². The van der Waals surface area contributed by atoms with Crippen LogP contribution in [0.15, 0.2) is 54.2 Å². The number of hydrogen-bond donors (Lipinski definition) is 2. The van der Waals surface area contributed by atoms with Crippen molar-refractivity contribution in [3.05, 3.63) is 76.7 Å². The van der Waals surface area contributed by atoms with Gasteiger partial charge in [0.05, 0.1) is 6.04 Å². The van der Waals surface area contributed by atoms with E-state index in [9.17, 15) is 14.4 Å². The molecule has 0 radical (unpaired) electrons. The summed E-state index contributed by atoms with van der Waals surface area (Å²) in [7, 11) is 0. The zero-order valence-corrected chi connectivity index (χ0v) is 16.0. The molecule has 0 aliphatic heterocycles. The van der Waals surface area contributed by atoms with E-state index in [1.807, 2.05) is 13.0 Å². The minimum atomic E-state index is -0.448. The molecule has 1 aliphatic carbocycles. The van der Waals surface area contributed by atoms with Gasteiger partial charge >= 0.3 is 0 Å². The highest BCUT2D eigenvalue weighted by atomic mass is 19.1. The van der Waals surface area contributed by atoms with E-state index in [1.165, 1.54) is 42.3 Å². The second kappa shape index (κ2) is 9.18. The average molecular weight is 377 g/mol. The lowest BCUT2D eigenvalue weighted by molar-refractivity contribution is -0.117. The zero-order chi connectivity index (χ0) is 19.9. The Bertz CT molecular complexity index is 930. The van der Waals surface area contributed by atoms with Crippen molar-refractivity contribution < 1.29 is 9.18 Å². The fraction of sp³-hybridized carbons (Fsp3) is 0.304. The molecule has 2 aromatic carbocycles. The fourth-order valence-electron chi connectivity index (χ4n) is 3.51. The molecule has 2 aromatic rings. The molecule has 1 aliphatic rings. The van der Waals surface area contributed by atoms with Gasteiger partial charge in [0.2, 0.25) is 0 Å². The highest BCUT2D eigenvalue weighted by molar-refractivity contribution is 5.97. The first kappa shape index (κ1) is 19.6. The van der Waals surface area contributed by atoms with Gasteiger partial charge in [0.15, 0.2) is 0 Å². The summed E-state index contributed by atoms with van der Waals surface area (Å²) in [4.78, 5) is 12.6. The topological polar surface area (TPSA) is 64.9 Å². The van der Waals surface area contributed by atoms with Crippen molar-refractivity contribution in [1.29, 1.82) is 5.26 Å². The summed E-state index contributed by atoms with van der Waals surface area (Å²) in [5.41, 5.74) is 4.24. The highest BCUT2D eigenvalue weighted by Crippen LogP contribution is 2.26. The molecule has 1 atom stereocenters. The van der Waals surface area contributed by atoms with Crippen molar-refractivity contribution in [2.24, 2.45) is 0 Å². The second-order valence-electron chi connectivity index (χ2n) is 6.99. The third-order valence-corrected chi connectivity index (χ3v) is 5.06. The Kier molecular flexibility index (Phi) is 6.44. The Balaban J connectivity index is 1.71. The molecule has 144 valence electrons. The number of amides is 1. The average Bonchev–Trinajstić information content (AvgIpc) is 2.72. The van der Waals surface area contributed by atoms with Crippen molar-refractivity contribution in [3.8, 4) is 6.07 Å². The van der Waals surface area contributed by atoms with Crippen molar-refractivity contribution >= 4 is 11.6 Å². The van der Waals surface area contributed by atoms with Gasteiger partial charge in [-0.15, -0.1) is 0 Å². The van der Waals surface area contributed by atoms with Gasteiger partial charge in [-0.05, 0) is 67.0 Å². The summed E-state index contributed by atoms with van der Waals surface area (Å²) in [6, 6.07) is 14.0. The summed E-state index contributed by atoms with van der Waals surface area (Å²) >= 11 is 0. The Labute approximate surface area is 165 Å². The molecular formula is C23H24FN3O. The second-order valence-corrected chi connectivity index (χ2v) is 6.99. The lowest BCUT2D eigenvalue weighted by Crippen LogP contribution is -2.29. The molecule has 0 heterocycles. The molecule has 5 heteroatoms. The van der Waals surface area contributed by atoms with Crippen LogP contribution < -0.4 is 10.6 Å². The lowest BCUT2D eigenvalue weighted by Gasteiger charge is -2.21. The molecule has 28 heavy (non-hydrogen) atoms. The van der Waals surface area contributed by atoms with Gasteiger partial charge in [-0.1, -0.05) is 31.2 Å². The fourth-order valence-corrected chi connectivity index (χ4v) is 3.51. The van der Waals surface area contributed by atoms with Crippen LogP contribution in [-0.4, -0.2) is 5.91 Å². The first-order chi connectivity index (χ1) is 13.6. The molecule has 0 saturated heterocycles. The van der Waals surface area contributed by atoms with Crippen LogP contribution in [0.4, 0.5) is 10.1 Å². The van der Waals surface area contributed by atoms with Gasteiger partial charge in [0.25, 0.3) is 5.91 Å². The number of nitrogens with zero attached hydrogens (tertiary/aromatic N) is 1. The number of nitrogens with one attached hydrogen (secondary N) is 2. The predicted octanol–water partition coefficient (Wildman–Crippen LogP) is 4.79. The van der Waals surface area contributed by atoms with Crippen LogP contribution in [0, 0.1) is 17.1 Å². The van der Waals surface area contributed by atoms with Crippen molar-refractivity contribution in [3.63, 3.8) is 0 Å². The standard InChI is InChI=1S/C23H24FN3O/c1-2-22(18-11-10-16-6-3-4-7-17(16)12-18)27-23(28)19(14-25)15-26-21-9-5-8-20(24)13-21/h5,8-13,15,22,26H,2-4,6-7H2,1H3,(H,27,28)/b19-15-. The number of carbonyl (C=O) groups excluding carboxylic acids is 1. The van der Waals surface area contributed by atoms with Crippen LogP contribution in [0.1, 0.15) is 48.9 Å². The van der Waals surface area contributed by atoms with Gasteiger partial charge in [0.1, 0.15) is 17.5 Å². The molecule has 1 unspecified atom stereocenters. The SMILES string of the molecule is CCC(NC(=O)/C(C#N)=C\Nc1cccc(F)c1)c1ccc2c(c1)CCCC2. The number of halogens is 1. The Morgan fingerprint density at radius 1 is 1.21 bits per heavy atom. The number of aryl methyl sites for hydroxylation is 2. The zero-order valence-electron chi connectivity index (χ0n) is 16.0. The quantitative estimate of drug-likeness (QED) is 0.562. The summed E-state index contributed by atoms with van der Waals surface area (Å²) in [6.45, 7) is 2.01. The Morgan fingerprint density at radius 3 is 2.71 bits per heavy atom. The largest absolute Gasteiger partial charge is 0.360 e. The van der Waals surface area contributed by atoms with Crippen molar-refractivity contribution in [1.82, 2.24) is 5.32 Å². The maximum Gasteiger partial charge on any atom is 0.263 e. The van der Waals surface area contributed by atoms with Gasteiger partial charge < -0.3 is 10.6 Å². The highest BCUT2D eigenvalue weighted by Gasteiger charge is 2.18. The van der Waals surface area contributed by atoms with Gasteiger partial charge in [-0.2, -0.15) is 5.26 Å². The van der Waals surface area contributed by atoms with E-state index in [4.69, 9.17) is 0 Å².